The fourth-order valence-corrected chi connectivity index (χ4v) is 3.69. The second-order valence-electron chi connectivity index (χ2n) is 6.16. The lowest BCUT2D eigenvalue weighted by Gasteiger charge is -2.24. The van der Waals surface area contributed by atoms with Crippen molar-refractivity contribution in [3.05, 3.63) is 53.6 Å². The van der Waals surface area contributed by atoms with Crippen LogP contribution in [-0.4, -0.2) is 26.9 Å². The molecule has 0 aromatic heterocycles. The maximum atomic E-state index is 12.4. The summed E-state index contributed by atoms with van der Waals surface area (Å²) in [4.78, 5) is 0.172. The van der Waals surface area contributed by atoms with Crippen LogP contribution in [0.2, 0.25) is 0 Å². The van der Waals surface area contributed by atoms with Crippen molar-refractivity contribution in [2.75, 3.05) is 13.3 Å². The number of nitrogens with one attached hydrogen (secondary N) is 1. The van der Waals surface area contributed by atoms with Crippen LogP contribution in [0.25, 0.3) is 0 Å². The first-order valence-corrected chi connectivity index (χ1v) is 9.51. The summed E-state index contributed by atoms with van der Waals surface area (Å²) in [6.45, 7) is 3.53. The van der Waals surface area contributed by atoms with Gasteiger partial charge in [-0.2, -0.15) is 0 Å². The van der Waals surface area contributed by atoms with E-state index in [-0.39, 0.29) is 18.2 Å². The third kappa shape index (κ3) is 3.78. The Bertz CT molecular complexity index is 860. The van der Waals surface area contributed by atoms with E-state index in [1.165, 1.54) is 0 Å². The molecule has 1 aliphatic heterocycles. The smallest absolute Gasteiger partial charge is 0.240 e. The Balaban J connectivity index is 1.74. The van der Waals surface area contributed by atoms with Gasteiger partial charge in [0.15, 0.2) is 11.5 Å². The van der Waals surface area contributed by atoms with Crippen LogP contribution in [0.15, 0.2) is 47.4 Å². The highest BCUT2D eigenvalue weighted by Crippen LogP contribution is 2.35. The molecular weight excluding hydrogens is 342 g/mol. The van der Waals surface area contributed by atoms with Gasteiger partial charge >= 0.3 is 0 Å². The maximum absolute atomic E-state index is 12.4. The minimum absolute atomic E-state index is 0.140. The van der Waals surface area contributed by atoms with Crippen LogP contribution in [0.3, 0.4) is 0 Å². The number of rotatable bonds is 6. The molecule has 0 amide bonds. The summed E-state index contributed by atoms with van der Waals surface area (Å²) in [7, 11) is -3.70. The Morgan fingerprint density at radius 1 is 1.12 bits per heavy atom. The largest absolute Gasteiger partial charge is 0.454 e. The summed E-state index contributed by atoms with van der Waals surface area (Å²) in [5.41, 5.74) is 0.212. The second-order valence-corrected chi connectivity index (χ2v) is 7.93. The Kier molecular flexibility index (Phi) is 4.73. The van der Waals surface area contributed by atoms with Crippen LogP contribution >= 0.6 is 0 Å². The van der Waals surface area contributed by atoms with Gasteiger partial charge in [0.2, 0.25) is 16.8 Å². The van der Waals surface area contributed by atoms with Crippen molar-refractivity contribution in [3.63, 3.8) is 0 Å². The lowest BCUT2D eigenvalue weighted by Crippen LogP contribution is -2.38. The van der Waals surface area contributed by atoms with E-state index in [0.29, 0.717) is 17.1 Å². The normalized spacial score (nSPS) is 15.8. The van der Waals surface area contributed by atoms with Crippen molar-refractivity contribution >= 4 is 10.0 Å². The van der Waals surface area contributed by atoms with E-state index >= 15 is 0 Å². The van der Waals surface area contributed by atoms with E-state index in [0.717, 1.165) is 12.0 Å². The third-order valence-electron chi connectivity index (χ3n) is 4.24. The van der Waals surface area contributed by atoms with Gasteiger partial charge in [0.1, 0.15) is 5.60 Å². The molecule has 0 spiro atoms. The monoisotopic (exact) mass is 363 g/mol. The summed E-state index contributed by atoms with van der Waals surface area (Å²) < 4.78 is 37.9. The summed E-state index contributed by atoms with van der Waals surface area (Å²) in [6.07, 6.45) is 0.840. The summed E-state index contributed by atoms with van der Waals surface area (Å²) >= 11 is 0. The third-order valence-corrected chi connectivity index (χ3v) is 5.66. The quantitative estimate of drug-likeness (QED) is 0.822. The van der Waals surface area contributed by atoms with Crippen molar-refractivity contribution in [2.24, 2.45) is 0 Å². The standard InChI is InChI=1S/C18H21NO5S/c1-3-13-4-7-15(8-5-13)25(21,22)19-11-18(2,20)14-6-9-16-17(10-14)24-12-23-16/h4-10,19-20H,3,11-12H2,1-2H3. The van der Waals surface area contributed by atoms with Crippen LogP contribution in [0.5, 0.6) is 11.5 Å². The van der Waals surface area contributed by atoms with Crippen molar-refractivity contribution in [1.82, 2.24) is 4.72 Å². The van der Waals surface area contributed by atoms with Crippen LogP contribution in [0, 0.1) is 0 Å². The molecule has 134 valence electrons. The molecular formula is C18H21NO5S. The molecule has 1 atom stereocenters. The topological polar surface area (TPSA) is 84.9 Å². The first kappa shape index (κ1) is 17.7. The fourth-order valence-electron chi connectivity index (χ4n) is 2.56. The maximum Gasteiger partial charge on any atom is 0.240 e. The highest BCUT2D eigenvalue weighted by molar-refractivity contribution is 7.89. The molecule has 25 heavy (non-hydrogen) atoms. The molecule has 2 N–H and O–H groups in total. The van der Waals surface area contributed by atoms with Crippen molar-refractivity contribution in [1.29, 1.82) is 0 Å². The fraction of sp³-hybridized carbons (Fsp3) is 0.333. The van der Waals surface area contributed by atoms with Crippen molar-refractivity contribution < 1.29 is 23.0 Å². The molecule has 3 rings (SSSR count). The van der Waals surface area contributed by atoms with Crippen LogP contribution in [0.4, 0.5) is 0 Å². The lowest BCUT2D eigenvalue weighted by molar-refractivity contribution is 0.0625. The number of aryl methyl sites for hydroxylation is 1. The zero-order valence-electron chi connectivity index (χ0n) is 14.2. The molecule has 1 unspecified atom stereocenters. The van der Waals surface area contributed by atoms with Gasteiger partial charge in [-0.1, -0.05) is 25.1 Å². The Labute approximate surface area is 147 Å². The Hall–Kier alpha value is -2.09. The molecule has 0 saturated carbocycles. The minimum atomic E-state index is -3.70. The van der Waals surface area contributed by atoms with Gasteiger partial charge in [-0.25, -0.2) is 13.1 Å². The number of benzene rings is 2. The highest BCUT2D eigenvalue weighted by atomic mass is 32.2. The molecule has 7 heteroatoms. The number of sulfonamides is 1. The van der Waals surface area contributed by atoms with Crippen molar-refractivity contribution in [3.8, 4) is 11.5 Å². The van der Waals surface area contributed by atoms with E-state index in [9.17, 15) is 13.5 Å². The molecule has 0 aliphatic carbocycles. The molecule has 0 radical (unpaired) electrons. The number of fused-ring (bicyclic) bond motifs is 1. The summed E-state index contributed by atoms with van der Waals surface area (Å²) in [6, 6.07) is 11.7. The van der Waals surface area contributed by atoms with E-state index < -0.39 is 15.6 Å². The van der Waals surface area contributed by atoms with Gasteiger partial charge in [-0.15, -0.1) is 0 Å². The molecule has 2 aromatic carbocycles. The molecule has 1 aliphatic rings. The molecule has 0 saturated heterocycles. The summed E-state index contributed by atoms with van der Waals surface area (Å²) in [5, 5.41) is 10.7. The number of aliphatic hydroxyl groups is 1. The zero-order chi connectivity index (χ0) is 18.1. The predicted octanol–water partition coefficient (Wildman–Crippen LogP) is 2.16. The van der Waals surface area contributed by atoms with E-state index in [1.54, 1.807) is 49.4 Å². The van der Waals surface area contributed by atoms with Crippen LogP contribution in [0.1, 0.15) is 25.0 Å². The average molecular weight is 363 g/mol. The molecule has 0 fully saturated rings. The predicted molar refractivity (Wildman–Crippen MR) is 93.1 cm³/mol. The molecule has 6 nitrogen and oxygen atoms in total. The van der Waals surface area contributed by atoms with E-state index in [1.807, 2.05) is 6.92 Å². The van der Waals surface area contributed by atoms with Gasteiger partial charge in [-0.3, -0.25) is 0 Å². The van der Waals surface area contributed by atoms with Gasteiger partial charge in [0, 0.05) is 6.54 Å². The van der Waals surface area contributed by atoms with Gasteiger partial charge in [0.25, 0.3) is 0 Å². The SMILES string of the molecule is CCc1ccc(S(=O)(=O)NCC(C)(O)c2ccc3c(c2)OCO3)cc1. The first-order valence-electron chi connectivity index (χ1n) is 8.03. The van der Waals surface area contributed by atoms with E-state index in [2.05, 4.69) is 4.72 Å². The Morgan fingerprint density at radius 2 is 1.80 bits per heavy atom. The lowest BCUT2D eigenvalue weighted by atomic mass is 9.96. The highest BCUT2D eigenvalue weighted by Gasteiger charge is 2.28. The second kappa shape index (κ2) is 6.67. The van der Waals surface area contributed by atoms with Gasteiger partial charge < -0.3 is 14.6 Å². The van der Waals surface area contributed by atoms with Crippen LogP contribution in [-0.2, 0) is 22.0 Å². The summed E-state index contributed by atoms with van der Waals surface area (Å²) in [5.74, 6) is 1.15. The van der Waals surface area contributed by atoms with Crippen LogP contribution < -0.4 is 14.2 Å². The molecule has 0 bridgehead atoms. The van der Waals surface area contributed by atoms with Gasteiger partial charge in [-0.05, 0) is 48.7 Å². The van der Waals surface area contributed by atoms with Crippen molar-refractivity contribution in [2.45, 2.75) is 30.8 Å². The molecule has 1 heterocycles. The minimum Gasteiger partial charge on any atom is -0.454 e. The number of hydrogen-bond acceptors (Lipinski definition) is 5. The van der Waals surface area contributed by atoms with Gasteiger partial charge in [0.05, 0.1) is 4.90 Å². The zero-order valence-corrected chi connectivity index (χ0v) is 15.0. The first-order chi connectivity index (χ1) is 11.8. The average Bonchev–Trinajstić information content (AvgIpc) is 3.08. The Morgan fingerprint density at radius 3 is 2.48 bits per heavy atom. The number of hydrogen-bond donors (Lipinski definition) is 2. The van der Waals surface area contributed by atoms with E-state index in [4.69, 9.17) is 9.47 Å². The molecule has 2 aromatic rings. The number of ether oxygens (including phenoxy) is 2.